The molecule has 97 heavy (non-hydrogen) atoms. The van der Waals surface area contributed by atoms with Gasteiger partial charge in [-0.05, 0) is 124 Å². The van der Waals surface area contributed by atoms with Crippen LogP contribution in [0.15, 0.2) is 0 Å². The fourth-order valence-corrected chi connectivity index (χ4v) is 35.6. The molecule has 0 aromatic heterocycles. The van der Waals surface area contributed by atoms with Crippen LogP contribution in [-0.2, 0) is 76.6 Å². The van der Waals surface area contributed by atoms with Crippen molar-refractivity contribution in [2.45, 2.75) is 386 Å². The first-order valence-corrected chi connectivity index (χ1v) is 62.5. The van der Waals surface area contributed by atoms with E-state index in [-0.39, 0.29) is 60.6 Å². The molecule has 11 aliphatic rings. The van der Waals surface area contributed by atoms with Crippen LogP contribution >= 0.6 is 54.2 Å². The first-order valence-electron chi connectivity index (χ1n) is 38.5. The van der Waals surface area contributed by atoms with E-state index in [0.29, 0.717) is 5.54 Å². The van der Waals surface area contributed by atoms with Crippen LogP contribution < -0.4 is 0 Å². The van der Waals surface area contributed by atoms with Crippen molar-refractivity contribution in [1.82, 2.24) is 4.90 Å². The number of likely N-dealkylation sites (tertiary alicyclic amines) is 1. The first-order chi connectivity index (χ1) is 43.8. The van der Waals surface area contributed by atoms with Crippen LogP contribution in [0.2, 0.25) is 55.9 Å². The second kappa shape index (κ2) is 53.2. The summed E-state index contributed by atoms with van der Waals surface area (Å²) in [6.07, 6.45) is 47.4. The molecule has 10 saturated carbocycles. The quantitative estimate of drug-likeness (QED) is 0.159. The van der Waals surface area contributed by atoms with Gasteiger partial charge in [0.15, 0.2) is 0 Å². The number of hydrogen-bond donors (Lipinski definition) is 0. The molecular weight excluding hydrogens is 1550 g/mol. The molecule has 5 nitrogen and oxygen atoms in total. The standard InChI is InChI=1S/C22H41N2Si.C22H40NSi.C15H28N.C11H24NSi.3C2H5.3CH3.6ClH.3Ti.Zr/c1-22(2,3)23-25(5,6)21-16-12-8-7-11-15(16)20-19(21)17-13-9-10-14-18(17)24(20)4;1-22(15-9-4-10-16-22)23-24(2,3)21-19-13-7-5-11-17(19)18-12-6-8-14-20(18)21;1-15(2,3)16-11-10-13-9-8-12-6-4-5-7-14(12)13;1-11(2,3)12-13(4,5)10-8-6-7-9-10;3*1-2;;;;;;;;;;;;;/h15-21H,7-14H2,1-6H3;17-21H,4-16H2,1-3H3;12-14H,4-11H2,1-3H3;10H,6-9H2,1-5H3;3*1H2,2H3;3*1H3;6*1H;;;;/q10*-1;;;;;;;2*+2;2*+4/p-6. The van der Waals surface area contributed by atoms with E-state index in [0.717, 1.165) is 100 Å². The second-order valence-electron chi connectivity index (χ2n) is 34.9. The van der Waals surface area contributed by atoms with Gasteiger partial charge in [-0.2, -0.15) is 20.8 Å². The number of hydrogen-bond acceptors (Lipinski definition) is 1. The van der Waals surface area contributed by atoms with E-state index in [1.807, 2.05) is 0 Å². The summed E-state index contributed by atoms with van der Waals surface area (Å²) in [7, 11) is 27.5. The van der Waals surface area contributed by atoms with Gasteiger partial charge in [0.05, 0.1) is 0 Å². The van der Waals surface area contributed by atoms with E-state index in [1.165, 1.54) is 180 Å². The molecule has 1 aliphatic heterocycles. The Balaban J connectivity index is -0.00000115. The van der Waals surface area contributed by atoms with Crippen molar-refractivity contribution in [2.24, 2.45) is 65.1 Å². The van der Waals surface area contributed by atoms with E-state index in [4.69, 9.17) is 74.5 Å². The molecule has 0 bridgehead atoms. The van der Waals surface area contributed by atoms with E-state index in [2.05, 4.69) is 141 Å². The third-order valence-electron chi connectivity index (χ3n) is 24.4. The van der Waals surface area contributed by atoms with E-state index in [9.17, 15) is 0 Å². The molecule has 10 aliphatic carbocycles. The van der Waals surface area contributed by atoms with Gasteiger partial charge in [0, 0.05) is 12.1 Å². The van der Waals surface area contributed by atoms with Gasteiger partial charge < -0.3 is 63.3 Å². The van der Waals surface area contributed by atoms with Gasteiger partial charge in [-0.15, -0.1) is 28.7 Å². The molecule has 14 atom stereocenters. The molecule has 18 heteroatoms. The molecule has 0 aromatic carbocycles. The third kappa shape index (κ3) is 34.8. The third-order valence-corrected chi connectivity index (χ3v) is 35.5. The number of halogens is 6. The van der Waals surface area contributed by atoms with Crippen molar-refractivity contribution in [2.75, 3.05) is 13.6 Å². The first kappa shape index (κ1) is 106. The van der Waals surface area contributed by atoms with E-state index in [1.54, 1.807) is 46.5 Å². The minimum absolute atomic E-state index is 0. The SMILES string of the molecule is CC(C)(C)[N-]CCC1CCC2CCCCC21.CC(C)(C)[N-][Si](C)(C)C1CCCC1.CC1([N-][Si](C)(C)C2C3CCCCC3C3CCCCC32)CCCCC1.CN1C2CCCCC2C2C1C1CCCCC1C2[Si](C)(C)[N-]C(C)(C)C.[CH2-]C.[CH2-]C.[CH2-]C.[CH3-].[CH3-].[CH3-].[Cl][Ti][Cl].[Cl][Ti][Cl].[Cl][Zr+2][Cl].[Ti+4]. The van der Waals surface area contributed by atoms with Crippen molar-refractivity contribution >= 4 is 79.0 Å². The van der Waals surface area contributed by atoms with Gasteiger partial charge >= 0.3 is 131 Å². The zero-order valence-corrected chi connectivity index (χ0v) is 82.4. The number of nitrogens with zero attached hydrogens (tertiary/aromatic N) is 5. The van der Waals surface area contributed by atoms with E-state index >= 15 is 0 Å². The molecule has 1 heterocycles. The van der Waals surface area contributed by atoms with Crippen LogP contribution in [0, 0.1) is 108 Å². The summed E-state index contributed by atoms with van der Waals surface area (Å²) in [6.45, 7) is 54.4. The Labute approximate surface area is 680 Å². The maximum absolute atomic E-state index is 5.80. The van der Waals surface area contributed by atoms with Gasteiger partial charge in [-0.1, -0.05) is 304 Å². The predicted molar refractivity (Wildman–Crippen MR) is 439 cm³/mol. The van der Waals surface area contributed by atoms with Crippen LogP contribution in [-0.4, -0.2) is 77.4 Å². The predicted octanol–water partition coefficient (Wildman–Crippen LogP) is 30.4. The Kier molecular flexibility index (Phi) is 58.4. The molecule has 0 aromatic rings. The molecule has 11 rings (SSSR count). The summed E-state index contributed by atoms with van der Waals surface area (Å²) in [4.78, 5) is 19.3. The second-order valence-corrected chi connectivity index (χ2v) is 56.5. The zero-order valence-electron chi connectivity index (χ0n) is 67.7. The van der Waals surface area contributed by atoms with Gasteiger partial charge in [0.2, 0.25) is 0 Å². The number of fused-ring (bicyclic) bond motifs is 9. The Morgan fingerprint density at radius 2 is 0.814 bits per heavy atom. The topological polar surface area (TPSA) is 59.6 Å². The summed E-state index contributed by atoms with van der Waals surface area (Å²) in [6, 6.07) is 1.79. The van der Waals surface area contributed by atoms with E-state index < -0.39 is 79.6 Å². The normalized spacial score (nSPS) is 31.3. The maximum Gasteiger partial charge on any atom is 4.00 e. The van der Waals surface area contributed by atoms with Crippen molar-refractivity contribution in [3.63, 3.8) is 0 Å². The van der Waals surface area contributed by atoms with Gasteiger partial charge in [0.1, 0.15) is 0 Å². The summed E-state index contributed by atoms with van der Waals surface area (Å²) >= 11 is -1.94. The Hall–Kier alpha value is 5.22. The Morgan fingerprint density at radius 3 is 1.25 bits per heavy atom. The Bertz CT molecular complexity index is 1900. The monoisotopic (exact) mass is 1700 g/mol. The van der Waals surface area contributed by atoms with Crippen molar-refractivity contribution < 1.29 is 76.6 Å². The van der Waals surface area contributed by atoms with Crippen LogP contribution in [0.5, 0.6) is 0 Å². The van der Waals surface area contributed by atoms with Crippen LogP contribution in [0.4, 0.5) is 0 Å². The molecule has 11 fully saturated rings. The fraction of sp³-hybridized carbons (Fsp3) is 0.924. The van der Waals surface area contributed by atoms with Crippen molar-refractivity contribution in [3.8, 4) is 0 Å². The molecular formula is C79H157Cl6N5Si3Ti3Zr-4. The molecule has 14 unspecified atom stereocenters. The zero-order chi connectivity index (χ0) is 70.6. The van der Waals surface area contributed by atoms with Crippen LogP contribution in [0.3, 0.4) is 0 Å². The molecule has 0 spiro atoms. The summed E-state index contributed by atoms with van der Waals surface area (Å²) in [5.74, 6) is 11.4. The summed E-state index contributed by atoms with van der Waals surface area (Å²) in [5.41, 5.74) is 3.75. The molecule has 0 amide bonds. The summed E-state index contributed by atoms with van der Waals surface area (Å²) in [5, 5.41) is 4.76. The largest absolute Gasteiger partial charge is 4.00 e. The van der Waals surface area contributed by atoms with Gasteiger partial charge in [-0.3, -0.25) is 4.90 Å². The summed E-state index contributed by atoms with van der Waals surface area (Å²) < 4.78 is 0. The van der Waals surface area contributed by atoms with Crippen molar-refractivity contribution in [3.05, 3.63) is 63.3 Å². The fourth-order valence-electron chi connectivity index (χ4n) is 22.4. The van der Waals surface area contributed by atoms with Gasteiger partial charge in [0.25, 0.3) is 0 Å². The number of rotatable bonds is 10. The molecule has 0 N–H and O–H groups in total. The molecule has 572 valence electrons. The van der Waals surface area contributed by atoms with Crippen LogP contribution in [0.1, 0.15) is 295 Å². The maximum atomic E-state index is 5.80. The van der Waals surface area contributed by atoms with Crippen LogP contribution in [0.25, 0.3) is 20.3 Å². The minimum atomic E-state index is -1.61. The Morgan fingerprint density at radius 1 is 0.454 bits per heavy atom. The van der Waals surface area contributed by atoms with Crippen molar-refractivity contribution in [1.29, 1.82) is 0 Å². The smallest absolute Gasteiger partial charge is 4.00 e. The molecule has 1 saturated heterocycles. The average Bonchev–Trinajstić information content (AvgIpc) is 1.54. The van der Waals surface area contributed by atoms with Gasteiger partial charge in [-0.25, -0.2) is 0 Å². The average molecular weight is 1710 g/mol. The minimum Gasteiger partial charge on any atom is 4.00 e. The molecule has 0 radical (unpaired) electrons.